The second-order valence-electron chi connectivity index (χ2n) is 4.41. The van der Waals surface area contributed by atoms with E-state index in [1.165, 1.54) is 26.4 Å². The number of thioether (sulfide) groups is 1. The van der Waals surface area contributed by atoms with Gasteiger partial charge in [-0.3, -0.25) is 4.79 Å². The number of ether oxygens (including phenoxy) is 2. The average molecular weight is 313 g/mol. The quantitative estimate of drug-likeness (QED) is 0.803. The number of hydrogen-bond donors (Lipinski definition) is 2. The van der Waals surface area contributed by atoms with E-state index in [4.69, 9.17) is 14.6 Å². The maximum Gasteiger partial charge on any atom is 0.335 e. The molecule has 116 valence electrons. The van der Waals surface area contributed by atoms with Crippen molar-refractivity contribution in [2.75, 3.05) is 31.5 Å². The lowest BCUT2D eigenvalue weighted by Gasteiger charge is -2.16. The van der Waals surface area contributed by atoms with Gasteiger partial charge in [0.25, 0.3) is 0 Å². The summed E-state index contributed by atoms with van der Waals surface area (Å²) in [6.45, 7) is 1.80. The van der Waals surface area contributed by atoms with Gasteiger partial charge in [0.05, 0.1) is 25.5 Å². The molecule has 2 N–H and O–H groups in total. The van der Waals surface area contributed by atoms with E-state index in [1.807, 2.05) is 6.26 Å². The molecule has 1 aromatic carbocycles. The molecule has 7 heteroatoms. The van der Waals surface area contributed by atoms with Crippen molar-refractivity contribution in [3.8, 4) is 11.5 Å². The van der Waals surface area contributed by atoms with E-state index < -0.39 is 5.97 Å². The van der Waals surface area contributed by atoms with Gasteiger partial charge in [0.2, 0.25) is 5.91 Å². The predicted octanol–water partition coefficient (Wildman–Crippen LogP) is 2.34. The predicted molar refractivity (Wildman–Crippen MR) is 82.7 cm³/mol. The van der Waals surface area contributed by atoms with Crippen LogP contribution in [0.15, 0.2) is 12.1 Å². The molecule has 0 heterocycles. The molecule has 6 nitrogen and oxygen atoms in total. The highest BCUT2D eigenvalue weighted by atomic mass is 32.2. The summed E-state index contributed by atoms with van der Waals surface area (Å²) in [5.41, 5.74) is 0.299. The molecule has 1 amide bonds. The average Bonchev–Trinajstić information content (AvgIpc) is 2.46. The van der Waals surface area contributed by atoms with Crippen LogP contribution in [0.25, 0.3) is 0 Å². The number of carboxylic acids is 1. The number of benzene rings is 1. The van der Waals surface area contributed by atoms with Crippen molar-refractivity contribution in [3.63, 3.8) is 0 Å². The van der Waals surface area contributed by atoms with E-state index in [2.05, 4.69) is 5.32 Å². The molecule has 1 atom stereocenters. The lowest BCUT2D eigenvalue weighted by Crippen LogP contribution is -2.22. The fourth-order valence-electron chi connectivity index (χ4n) is 1.76. The molecular formula is C14H19NO5S. The van der Waals surface area contributed by atoms with Crippen LogP contribution in [-0.2, 0) is 4.79 Å². The first-order chi connectivity index (χ1) is 9.94. The van der Waals surface area contributed by atoms with Gasteiger partial charge in [-0.05, 0) is 18.4 Å². The van der Waals surface area contributed by atoms with Gasteiger partial charge in [0, 0.05) is 11.7 Å². The summed E-state index contributed by atoms with van der Waals surface area (Å²) in [6.07, 6.45) is 1.92. The summed E-state index contributed by atoms with van der Waals surface area (Å²) < 4.78 is 10.3. The number of rotatable bonds is 7. The van der Waals surface area contributed by atoms with Crippen LogP contribution in [0, 0.1) is 5.92 Å². The number of nitrogens with one attached hydrogen (secondary N) is 1. The zero-order chi connectivity index (χ0) is 16.0. The Morgan fingerprint density at radius 3 is 2.48 bits per heavy atom. The van der Waals surface area contributed by atoms with Crippen LogP contribution in [0.3, 0.4) is 0 Å². The van der Waals surface area contributed by atoms with Gasteiger partial charge in [-0.1, -0.05) is 6.92 Å². The minimum Gasteiger partial charge on any atom is -0.493 e. The Bertz CT molecular complexity index is 532. The topological polar surface area (TPSA) is 84.9 Å². The third-order valence-corrected chi connectivity index (χ3v) is 3.68. The van der Waals surface area contributed by atoms with E-state index in [9.17, 15) is 9.59 Å². The molecule has 0 aliphatic rings. The van der Waals surface area contributed by atoms with E-state index >= 15 is 0 Å². The molecule has 0 aliphatic heterocycles. The molecule has 21 heavy (non-hydrogen) atoms. The Morgan fingerprint density at radius 2 is 2.00 bits per heavy atom. The van der Waals surface area contributed by atoms with Crippen LogP contribution < -0.4 is 14.8 Å². The molecule has 1 unspecified atom stereocenters. The molecule has 0 fully saturated rings. The number of aromatic carboxylic acids is 1. The summed E-state index contributed by atoms with van der Waals surface area (Å²) in [6, 6.07) is 2.70. The number of amides is 1. The van der Waals surface area contributed by atoms with Crippen molar-refractivity contribution in [3.05, 3.63) is 17.7 Å². The molecule has 0 aliphatic carbocycles. The minimum atomic E-state index is -1.11. The van der Waals surface area contributed by atoms with Crippen LogP contribution in [0.5, 0.6) is 11.5 Å². The van der Waals surface area contributed by atoms with Gasteiger partial charge in [0.1, 0.15) is 0 Å². The fraction of sp³-hybridized carbons (Fsp3) is 0.429. The van der Waals surface area contributed by atoms with Crippen molar-refractivity contribution in [1.82, 2.24) is 0 Å². The molecule has 0 saturated heterocycles. The molecule has 0 radical (unpaired) electrons. The highest BCUT2D eigenvalue weighted by Gasteiger charge is 2.19. The number of carbonyl (C=O) groups is 2. The Labute approximate surface area is 127 Å². The van der Waals surface area contributed by atoms with Crippen LogP contribution in [-0.4, -0.2) is 43.2 Å². The van der Waals surface area contributed by atoms with Gasteiger partial charge >= 0.3 is 5.97 Å². The van der Waals surface area contributed by atoms with Gasteiger partial charge in [0.15, 0.2) is 11.5 Å². The Kier molecular flexibility index (Phi) is 6.36. The zero-order valence-electron chi connectivity index (χ0n) is 12.4. The van der Waals surface area contributed by atoms with Crippen LogP contribution >= 0.6 is 11.8 Å². The van der Waals surface area contributed by atoms with Crippen molar-refractivity contribution in [2.45, 2.75) is 6.92 Å². The van der Waals surface area contributed by atoms with Crippen LogP contribution in [0.1, 0.15) is 17.3 Å². The maximum absolute atomic E-state index is 12.1. The third-order valence-electron chi connectivity index (χ3n) is 2.85. The van der Waals surface area contributed by atoms with Gasteiger partial charge in [-0.15, -0.1) is 0 Å². The van der Waals surface area contributed by atoms with E-state index in [-0.39, 0.29) is 28.8 Å². The maximum atomic E-state index is 12.1. The van der Waals surface area contributed by atoms with E-state index in [0.717, 1.165) is 0 Å². The largest absolute Gasteiger partial charge is 0.493 e. The molecule has 0 bridgehead atoms. The van der Waals surface area contributed by atoms with Crippen LogP contribution in [0.4, 0.5) is 5.69 Å². The first-order valence-corrected chi connectivity index (χ1v) is 7.63. The standard InChI is InChI=1S/C14H19NO5S/c1-8(7-21-4)13(16)15-10-5-9(14(17)18)6-11(19-2)12(10)20-3/h5-6,8H,7H2,1-4H3,(H,15,16)(H,17,18). The molecule has 1 aromatic rings. The number of carbonyl (C=O) groups excluding carboxylic acids is 1. The van der Waals surface area contributed by atoms with Gasteiger partial charge in [-0.25, -0.2) is 4.79 Å². The number of methoxy groups -OCH3 is 2. The second-order valence-corrected chi connectivity index (χ2v) is 5.32. The Morgan fingerprint density at radius 1 is 1.33 bits per heavy atom. The normalized spacial score (nSPS) is 11.6. The number of anilines is 1. The third kappa shape index (κ3) is 4.29. The van der Waals surface area contributed by atoms with Gasteiger partial charge in [-0.2, -0.15) is 11.8 Å². The summed E-state index contributed by atoms with van der Waals surface area (Å²) >= 11 is 1.56. The van der Waals surface area contributed by atoms with Crippen molar-refractivity contribution >= 4 is 29.3 Å². The first kappa shape index (κ1) is 17.2. The molecule has 0 saturated carbocycles. The second kappa shape index (κ2) is 7.78. The zero-order valence-corrected chi connectivity index (χ0v) is 13.2. The SMILES string of the molecule is COc1cc(C(=O)O)cc(NC(=O)C(C)CSC)c1OC. The molecule has 1 rings (SSSR count). The summed E-state index contributed by atoms with van der Waals surface area (Å²) in [4.78, 5) is 23.2. The lowest BCUT2D eigenvalue weighted by molar-refractivity contribution is -0.118. The minimum absolute atomic E-state index is 0.0143. The highest BCUT2D eigenvalue weighted by Crippen LogP contribution is 2.36. The van der Waals surface area contributed by atoms with Crippen molar-refractivity contribution < 1.29 is 24.2 Å². The molecular weight excluding hydrogens is 294 g/mol. The summed E-state index contributed by atoms with van der Waals surface area (Å²) in [5.74, 6) is -0.290. The summed E-state index contributed by atoms with van der Waals surface area (Å²) in [5, 5.41) is 11.8. The van der Waals surface area contributed by atoms with E-state index in [0.29, 0.717) is 11.5 Å². The summed E-state index contributed by atoms with van der Waals surface area (Å²) in [7, 11) is 2.84. The van der Waals surface area contributed by atoms with Crippen molar-refractivity contribution in [2.24, 2.45) is 5.92 Å². The van der Waals surface area contributed by atoms with Crippen LogP contribution in [0.2, 0.25) is 0 Å². The molecule has 0 spiro atoms. The van der Waals surface area contributed by atoms with E-state index in [1.54, 1.807) is 18.7 Å². The highest BCUT2D eigenvalue weighted by molar-refractivity contribution is 7.98. The lowest BCUT2D eigenvalue weighted by atomic mass is 10.1. The monoisotopic (exact) mass is 313 g/mol. The molecule has 0 aromatic heterocycles. The first-order valence-electron chi connectivity index (χ1n) is 6.23. The van der Waals surface area contributed by atoms with Crippen molar-refractivity contribution in [1.29, 1.82) is 0 Å². The van der Waals surface area contributed by atoms with Gasteiger partial charge < -0.3 is 19.9 Å². The smallest absolute Gasteiger partial charge is 0.335 e. The Balaban J connectivity index is 3.17. The number of hydrogen-bond acceptors (Lipinski definition) is 5. The fourth-order valence-corrected chi connectivity index (χ4v) is 2.41. The number of carboxylic acid groups (broad SMARTS) is 1. The Hall–Kier alpha value is -1.89.